The van der Waals surface area contributed by atoms with Gasteiger partial charge in [-0.3, -0.25) is 14.5 Å². The van der Waals surface area contributed by atoms with Crippen molar-refractivity contribution in [1.29, 1.82) is 0 Å². The van der Waals surface area contributed by atoms with E-state index in [0.29, 0.717) is 5.69 Å². The fraction of sp³-hybridized carbons (Fsp3) is 0.261. The molecule has 9 heteroatoms. The molecular weight excluding hydrogens is 455 g/mol. The van der Waals surface area contributed by atoms with Gasteiger partial charge in [-0.25, -0.2) is 4.79 Å². The largest absolute Gasteiger partial charge is 0.506 e. The van der Waals surface area contributed by atoms with Crippen molar-refractivity contribution in [3.63, 3.8) is 0 Å². The van der Waals surface area contributed by atoms with Crippen molar-refractivity contribution in [2.45, 2.75) is 38.1 Å². The minimum atomic E-state index is -0.633. The van der Waals surface area contributed by atoms with Gasteiger partial charge in [-0.05, 0) is 49.2 Å². The van der Waals surface area contributed by atoms with E-state index < -0.39 is 17.8 Å². The predicted molar refractivity (Wildman–Crippen MR) is 120 cm³/mol. The zero-order valence-electron chi connectivity index (χ0n) is 16.9. The first kappa shape index (κ1) is 22.2. The van der Waals surface area contributed by atoms with Crippen LogP contribution in [0.15, 0.2) is 53.2 Å². The lowest BCUT2D eigenvalue weighted by Gasteiger charge is -2.29. The number of halogens is 2. The van der Waals surface area contributed by atoms with Crippen molar-refractivity contribution in [1.82, 2.24) is 4.90 Å². The number of imide groups is 1. The fourth-order valence-corrected chi connectivity index (χ4v) is 4.19. The van der Waals surface area contributed by atoms with Crippen LogP contribution in [0.25, 0.3) is 0 Å². The summed E-state index contributed by atoms with van der Waals surface area (Å²) in [7, 11) is 0. The first-order valence-electron chi connectivity index (χ1n) is 10.2. The van der Waals surface area contributed by atoms with Crippen LogP contribution in [0.5, 0.6) is 11.5 Å². The van der Waals surface area contributed by atoms with Crippen LogP contribution in [0.2, 0.25) is 5.02 Å². The van der Waals surface area contributed by atoms with Crippen LogP contribution in [0.4, 0.5) is 5.69 Å². The third-order valence-corrected chi connectivity index (χ3v) is 6.19. The number of phenols is 1. The maximum atomic E-state index is 12.9. The molecule has 0 unspecified atom stereocenters. The minimum absolute atomic E-state index is 0.0363. The van der Waals surface area contributed by atoms with Crippen molar-refractivity contribution in [2.24, 2.45) is 0 Å². The summed E-state index contributed by atoms with van der Waals surface area (Å²) in [5.74, 6) is -1.59. The lowest BCUT2D eigenvalue weighted by atomic mass is 9.94. The summed E-state index contributed by atoms with van der Waals surface area (Å²) in [6.07, 6.45) is 4.64. The molecule has 166 valence electrons. The van der Waals surface area contributed by atoms with E-state index in [1.54, 1.807) is 12.1 Å². The van der Waals surface area contributed by atoms with Gasteiger partial charge in [0.1, 0.15) is 22.2 Å². The molecule has 2 aromatic rings. The van der Waals surface area contributed by atoms with E-state index in [1.165, 1.54) is 35.2 Å². The Morgan fingerprint density at radius 3 is 2.34 bits per heavy atom. The number of nitrogens with zero attached hydrogens (tertiary/aromatic N) is 1. The SMILES string of the molecule is O=C(Oc1ccc(Cl)c(O)c1)c1ccc(NC2=C(Cl)C(=O)N(C3CCCCC3)C2=O)cc1. The van der Waals surface area contributed by atoms with Crippen molar-refractivity contribution in [2.75, 3.05) is 5.32 Å². The van der Waals surface area contributed by atoms with Gasteiger partial charge >= 0.3 is 5.97 Å². The molecule has 1 fully saturated rings. The Bertz CT molecular complexity index is 1110. The number of benzene rings is 2. The van der Waals surface area contributed by atoms with Crippen LogP contribution in [0.1, 0.15) is 42.5 Å². The highest BCUT2D eigenvalue weighted by Gasteiger charge is 2.42. The van der Waals surface area contributed by atoms with E-state index >= 15 is 0 Å². The number of carbonyl (C=O) groups is 3. The Kier molecular flexibility index (Phi) is 6.39. The number of phenolic OH excluding ortho intramolecular Hbond substituents is 1. The van der Waals surface area contributed by atoms with Crippen LogP contribution in [0.3, 0.4) is 0 Å². The van der Waals surface area contributed by atoms with Gasteiger partial charge < -0.3 is 15.2 Å². The monoisotopic (exact) mass is 474 g/mol. The maximum Gasteiger partial charge on any atom is 0.343 e. The zero-order valence-corrected chi connectivity index (χ0v) is 18.4. The Morgan fingerprint density at radius 2 is 1.69 bits per heavy atom. The number of esters is 1. The summed E-state index contributed by atoms with van der Waals surface area (Å²) in [4.78, 5) is 39.0. The van der Waals surface area contributed by atoms with Gasteiger partial charge in [-0.1, -0.05) is 42.5 Å². The first-order chi connectivity index (χ1) is 15.3. The molecule has 1 saturated carbocycles. The molecule has 0 radical (unpaired) electrons. The number of hydrogen-bond donors (Lipinski definition) is 2. The first-order valence-corrected chi connectivity index (χ1v) is 11.0. The van der Waals surface area contributed by atoms with Gasteiger partial charge in [0.2, 0.25) is 0 Å². The molecule has 1 aliphatic carbocycles. The molecule has 1 heterocycles. The molecule has 32 heavy (non-hydrogen) atoms. The number of hydrogen-bond acceptors (Lipinski definition) is 6. The molecule has 2 aliphatic rings. The maximum absolute atomic E-state index is 12.9. The topological polar surface area (TPSA) is 95.9 Å². The van der Waals surface area contributed by atoms with Crippen molar-refractivity contribution in [3.8, 4) is 11.5 Å². The molecule has 0 spiro atoms. The summed E-state index contributed by atoms with van der Waals surface area (Å²) >= 11 is 11.9. The Hall–Kier alpha value is -3.03. The van der Waals surface area contributed by atoms with E-state index in [0.717, 1.165) is 32.1 Å². The third kappa shape index (κ3) is 4.45. The van der Waals surface area contributed by atoms with Crippen LogP contribution in [0, 0.1) is 0 Å². The second kappa shape index (κ2) is 9.22. The molecule has 4 rings (SSSR count). The predicted octanol–water partition coefficient (Wildman–Crippen LogP) is 4.83. The Labute approximate surface area is 194 Å². The van der Waals surface area contributed by atoms with E-state index in [9.17, 15) is 19.5 Å². The second-order valence-electron chi connectivity index (χ2n) is 7.67. The van der Waals surface area contributed by atoms with Crippen LogP contribution in [-0.2, 0) is 9.59 Å². The Balaban J connectivity index is 1.44. The van der Waals surface area contributed by atoms with Gasteiger partial charge in [0, 0.05) is 17.8 Å². The highest BCUT2D eigenvalue weighted by molar-refractivity contribution is 6.48. The van der Waals surface area contributed by atoms with Gasteiger partial charge in [-0.2, -0.15) is 0 Å². The highest BCUT2D eigenvalue weighted by Crippen LogP contribution is 2.32. The quantitative estimate of drug-likeness (QED) is 0.366. The van der Waals surface area contributed by atoms with Crippen molar-refractivity contribution < 1.29 is 24.2 Å². The summed E-state index contributed by atoms with van der Waals surface area (Å²) in [5, 5.41) is 12.5. The lowest BCUT2D eigenvalue weighted by molar-refractivity contribution is -0.140. The molecule has 0 atom stereocenters. The van der Waals surface area contributed by atoms with E-state index in [2.05, 4.69) is 5.32 Å². The molecule has 1 aliphatic heterocycles. The highest BCUT2D eigenvalue weighted by atomic mass is 35.5. The van der Waals surface area contributed by atoms with E-state index in [1.807, 2.05) is 0 Å². The third-order valence-electron chi connectivity index (χ3n) is 5.52. The smallest absolute Gasteiger partial charge is 0.343 e. The average Bonchev–Trinajstić information content (AvgIpc) is 3.00. The number of carbonyl (C=O) groups excluding carboxylic acids is 3. The molecule has 0 saturated heterocycles. The number of rotatable bonds is 5. The molecule has 0 aromatic heterocycles. The number of nitrogens with one attached hydrogen (secondary N) is 1. The molecule has 2 N–H and O–H groups in total. The Morgan fingerprint density at radius 1 is 1.00 bits per heavy atom. The van der Waals surface area contributed by atoms with Crippen molar-refractivity contribution in [3.05, 3.63) is 63.8 Å². The second-order valence-corrected chi connectivity index (χ2v) is 8.45. The molecule has 2 amide bonds. The van der Waals surface area contributed by atoms with Crippen molar-refractivity contribution >= 4 is 46.7 Å². The van der Waals surface area contributed by atoms with Crippen LogP contribution >= 0.6 is 23.2 Å². The summed E-state index contributed by atoms with van der Waals surface area (Å²) in [5.41, 5.74) is 0.780. The van der Waals surface area contributed by atoms with Crippen LogP contribution < -0.4 is 10.1 Å². The van der Waals surface area contributed by atoms with E-state index in [-0.39, 0.29) is 38.9 Å². The van der Waals surface area contributed by atoms with Gasteiger partial charge in [0.05, 0.1) is 10.6 Å². The van der Waals surface area contributed by atoms with Gasteiger partial charge in [0.25, 0.3) is 11.8 Å². The van der Waals surface area contributed by atoms with Gasteiger partial charge in [0.15, 0.2) is 0 Å². The summed E-state index contributed by atoms with van der Waals surface area (Å²) in [6.45, 7) is 0. The normalized spacial score (nSPS) is 17.1. The van der Waals surface area contributed by atoms with Gasteiger partial charge in [-0.15, -0.1) is 0 Å². The molecular formula is C23H20Cl2N2O5. The molecule has 0 bridgehead atoms. The molecule has 2 aromatic carbocycles. The number of ether oxygens (including phenoxy) is 1. The average molecular weight is 475 g/mol. The zero-order chi connectivity index (χ0) is 22.8. The molecule has 7 nitrogen and oxygen atoms in total. The number of anilines is 1. The standard InChI is InChI=1S/C23H20Cl2N2O5/c24-17-11-10-16(12-18(17)28)32-23(31)13-6-8-14(9-7-13)26-20-19(25)21(29)27(22(20)30)15-4-2-1-3-5-15/h6-12,15,26,28H,1-5H2. The summed E-state index contributed by atoms with van der Waals surface area (Å²) in [6, 6.07) is 10.2. The fourth-order valence-electron chi connectivity index (χ4n) is 3.85. The summed E-state index contributed by atoms with van der Waals surface area (Å²) < 4.78 is 5.23. The number of amides is 2. The van der Waals surface area contributed by atoms with E-state index in [4.69, 9.17) is 27.9 Å². The van der Waals surface area contributed by atoms with Crippen LogP contribution in [-0.4, -0.2) is 33.8 Å². The minimum Gasteiger partial charge on any atom is -0.506 e. The number of aromatic hydroxyl groups is 1. The lowest BCUT2D eigenvalue weighted by Crippen LogP contribution is -2.42.